The minimum Gasteiger partial charge on any atom is -0.355 e. The molecule has 0 bridgehead atoms. The van der Waals surface area contributed by atoms with E-state index in [1.54, 1.807) is 18.3 Å². The molecule has 1 N–H and O–H groups in total. The summed E-state index contributed by atoms with van der Waals surface area (Å²) < 4.78 is 0. The van der Waals surface area contributed by atoms with Crippen LogP contribution in [0.5, 0.6) is 0 Å². The van der Waals surface area contributed by atoms with Crippen molar-refractivity contribution in [2.45, 2.75) is 6.92 Å². The molecule has 3 aromatic rings. The Morgan fingerprint density at radius 1 is 1.04 bits per heavy atom. The normalized spacial score (nSPS) is 10.3. The standard InChI is InChI=1S/C18H15N3O2/c1-13-5-10-18(16(12-13)17-4-2-3-11-19-17)20-14-6-8-15(9-7-14)21(22)23/h2-12,20H,1H3. The summed E-state index contributed by atoms with van der Waals surface area (Å²) in [5, 5.41) is 14.0. The van der Waals surface area contributed by atoms with Crippen LogP contribution in [0.4, 0.5) is 17.1 Å². The van der Waals surface area contributed by atoms with Crippen LogP contribution in [0.15, 0.2) is 66.9 Å². The van der Waals surface area contributed by atoms with Crippen molar-refractivity contribution in [3.05, 3.63) is 82.5 Å². The number of non-ortho nitro benzene ring substituents is 1. The SMILES string of the molecule is Cc1ccc(Nc2ccc([N+](=O)[O-])cc2)c(-c2ccccn2)c1. The van der Waals surface area contributed by atoms with Crippen molar-refractivity contribution in [3.63, 3.8) is 0 Å². The zero-order chi connectivity index (χ0) is 16.2. The third kappa shape index (κ3) is 3.35. The van der Waals surface area contributed by atoms with Crippen LogP contribution in [-0.4, -0.2) is 9.91 Å². The number of benzene rings is 2. The van der Waals surface area contributed by atoms with E-state index in [1.165, 1.54) is 12.1 Å². The van der Waals surface area contributed by atoms with Crippen LogP contribution in [-0.2, 0) is 0 Å². The number of aryl methyl sites for hydroxylation is 1. The van der Waals surface area contributed by atoms with Gasteiger partial charge in [-0.2, -0.15) is 0 Å². The van der Waals surface area contributed by atoms with Crippen LogP contribution in [0.25, 0.3) is 11.3 Å². The highest BCUT2D eigenvalue weighted by molar-refractivity contribution is 5.79. The second kappa shape index (κ2) is 6.27. The van der Waals surface area contributed by atoms with Crippen molar-refractivity contribution in [2.24, 2.45) is 0 Å². The quantitative estimate of drug-likeness (QED) is 0.560. The fourth-order valence-corrected chi connectivity index (χ4v) is 2.32. The second-order valence-corrected chi connectivity index (χ2v) is 5.19. The van der Waals surface area contributed by atoms with Gasteiger partial charge in [0.15, 0.2) is 0 Å². The molecule has 1 heterocycles. The molecule has 23 heavy (non-hydrogen) atoms. The van der Waals surface area contributed by atoms with E-state index in [4.69, 9.17) is 0 Å². The highest BCUT2D eigenvalue weighted by Gasteiger charge is 2.08. The smallest absolute Gasteiger partial charge is 0.269 e. The van der Waals surface area contributed by atoms with Crippen LogP contribution < -0.4 is 5.32 Å². The van der Waals surface area contributed by atoms with Crippen molar-refractivity contribution < 1.29 is 4.92 Å². The van der Waals surface area contributed by atoms with Crippen LogP contribution in [0, 0.1) is 17.0 Å². The van der Waals surface area contributed by atoms with Crippen LogP contribution in [0.3, 0.4) is 0 Å². The molecule has 0 aliphatic heterocycles. The summed E-state index contributed by atoms with van der Waals surface area (Å²) in [7, 11) is 0. The molecule has 114 valence electrons. The Balaban J connectivity index is 1.95. The molecule has 0 fully saturated rings. The number of anilines is 2. The number of aromatic nitrogens is 1. The minimum absolute atomic E-state index is 0.0735. The Labute approximate surface area is 133 Å². The molecule has 3 rings (SSSR count). The number of hydrogen-bond acceptors (Lipinski definition) is 4. The first kappa shape index (κ1) is 14.7. The lowest BCUT2D eigenvalue weighted by Crippen LogP contribution is -1.95. The molecule has 0 radical (unpaired) electrons. The Morgan fingerprint density at radius 2 is 1.83 bits per heavy atom. The molecule has 0 aliphatic rings. The van der Waals surface area contributed by atoms with E-state index < -0.39 is 4.92 Å². The first-order chi connectivity index (χ1) is 11.1. The second-order valence-electron chi connectivity index (χ2n) is 5.19. The van der Waals surface area contributed by atoms with Gasteiger partial charge in [-0.1, -0.05) is 17.7 Å². The van der Waals surface area contributed by atoms with Crippen LogP contribution in [0.1, 0.15) is 5.56 Å². The maximum atomic E-state index is 10.7. The molecule has 0 atom stereocenters. The van der Waals surface area contributed by atoms with Gasteiger partial charge in [-0.3, -0.25) is 15.1 Å². The van der Waals surface area contributed by atoms with E-state index >= 15 is 0 Å². The molecule has 5 nitrogen and oxygen atoms in total. The van der Waals surface area contributed by atoms with E-state index in [0.29, 0.717) is 0 Å². The van der Waals surface area contributed by atoms with Gasteiger partial charge in [0, 0.05) is 35.3 Å². The van der Waals surface area contributed by atoms with Gasteiger partial charge in [0.05, 0.1) is 10.6 Å². The fourth-order valence-electron chi connectivity index (χ4n) is 2.32. The number of nitrogens with one attached hydrogen (secondary N) is 1. The highest BCUT2D eigenvalue weighted by Crippen LogP contribution is 2.30. The summed E-state index contributed by atoms with van der Waals surface area (Å²) in [5.41, 5.74) is 4.77. The summed E-state index contributed by atoms with van der Waals surface area (Å²) >= 11 is 0. The molecule has 0 saturated carbocycles. The lowest BCUT2D eigenvalue weighted by molar-refractivity contribution is -0.384. The molecule has 0 unspecified atom stereocenters. The van der Waals surface area contributed by atoms with E-state index in [0.717, 1.165) is 28.2 Å². The lowest BCUT2D eigenvalue weighted by atomic mass is 10.1. The fraction of sp³-hybridized carbons (Fsp3) is 0.0556. The zero-order valence-electron chi connectivity index (χ0n) is 12.6. The van der Waals surface area contributed by atoms with Crippen molar-refractivity contribution in [1.29, 1.82) is 0 Å². The van der Waals surface area contributed by atoms with Gasteiger partial charge in [-0.15, -0.1) is 0 Å². The highest BCUT2D eigenvalue weighted by atomic mass is 16.6. The monoisotopic (exact) mass is 305 g/mol. The summed E-state index contributed by atoms with van der Waals surface area (Å²) in [4.78, 5) is 14.7. The first-order valence-electron chi connectivity index (χ1n) is 7.17. The molecule has 0 amide bonds. The maximum absolute atomic E-state index is 10.7. The minimum atomic E-state index is -0.408. The van der Waals surface area contributed by atoms with E-state index in [-0.39, 0.29) is 5.69 Å². The van der Waals surface area contributed by atoms with Crippen LogP contribution in [0.2, 0.25) is 0 Å². The van der Waals surface area contributed by atoms with E-state index in [2.05, 4.69) is 16.4 Å². The topological polar surface area (TPSA) is 68.1 Å². The van der Waals surface area contributed by atoms with Gasteiger partial charge >= 0.3 is 0 Å². The number of rotatable bonds is 4. The molecule has 0 aliphatic carbocycles. The molecule has 1 aromatic heterocycles. The Morgan fingerprint density at radius 3 is 2.48 bits per heavy atom. The van der Waals surface area contributed by atoms with Crippen molar-refractivity contribution in [2.75, 3.05) is 5.32 Å². The van der Waals surface area contributed by atoms with Gasteiger partial charge < -0.3 is 5.32 Å². The third-order valence-corrected chi connectivity index (χ3v) is 3.47. The molecular formula is C18H15N3O2. The van der Waals surface area contributed by atoms with E-state index in [1.807, 2.05) is 37.3 Å². The molecule has 0 saturated heterocycles. The molecular weight excluding hydrogens is 290 g/mol. The van der Waals surface area contributed by atoms with Crippen LogP contribution >= 0.6 is 0 Å². The first-order valence-corrected chi connectivity index (χ1v) is 7.17. The molecule has 5 heteroatoms. The summed E-state index contributed by atoms with van der Waals surface area (Å²) in [6.07, 6.45) is 1.76. The maximum Gasteiger partial charge on any atom is 0.269 e. The number of nitrogens with zero attached hydrogens (tertiary/aromatic N) is 2. The number of nitro groups is 1. The van der Waals surface area contributed by atoms with Gasteiger partial charge in [0.25, 0.3) is 5.69 Å². The Bertz CT molecular complexity index is 831. The number of pyridine rings is 1. The summed E-state index contributed by atoms with van der Waals surface area (Å²) in [5.74, 6) is 0. The predicted molar refractivity (Wildman–Crippen MR) is 90.8 cm³/mol. The average Bonchev–Trinajstić information content (AvgIpc) is 2.58. The molecule has 2 aromatic carbocycles. The van der Waals surface area contributed by atoms with Crippen molar-refractivity contribution >= 4 is 17.1 Å². The number of nitro benzene ring substituents is 1. The summed E-state index contributed by atoms with van der Waals surface area (Å²) in [6.45, 7) is 2.03. The lowest BCUT2D eigenvalue weighted by Gasteiger charge is -2.12. The summed E-state index contributed by atoms with van der Waals surface area (Å²) in [6, 6.07) is 18.2. The third-order valence-electron chi connectivity index (χ3n) is 3.47. The van der Waals surface area contributed by atoms with Crippen molar-refractivity contribution in [3.8, 4) is 11.3 Å². The largest absolute Gasteiger partial charge is 0.355 e. The average molecular weight is 305 g/mol. The van der Waals surface area contributed by atoms with Gasteiger partial charge in [0.2, 0.25) is 0 Å². The Kier molecular flexibility index (Phi) is 4.01. The molecule has 0 spiro atoms. The zero-order valence-corrected chi connectivity index (χ0v) is 12.6. The predicted octanol–water partition coefficient (Wildman–Crippen LogP) is 4.71. The van der Waals surface area contributed by atoms with Gasteiger partial charge in [-0.05, 0) is 43.3 Å². The van der Waals surface area contributed by atoms with Gasteiger partial charge in [0.1, 0.15) is 0 Å². The number of hydrogen-bond donors (Lipinski definition) is 1. The van der Waals surface area contributed by atoms with Crippen molar-refractivity contribution in [1.82, 2.24) is 4.98 Å². The van der Waals surface area contributed by atoms with Gasteiger partial charge in [-0.25, -0.2) is 0 Å². The van der Waals surface area contributed by atoms with E-state index in [9.17, 15) is 10.1 Å². The Hall–Kier alpha value is -3.21.